The van der Waals surface area contributed by atoms with Crippen molar-refractivity contribution >= 4 is 23.6 Å². The van der Waals surface area contributed by atoms with Gasteiger partial charge in [0, 0.05) is 18.7 Å². The molecule has 102 valence electrons. The van der Waals surface area contributed by atoms with E-state index in [1.54, 1.807) is 6.92 Å². The van der Waals surface area contributed by atoms with Crippen molar-refractivity contribution < 1.29 is 19.5 Å². The zero-order valence-electron chi connectivity index (χ0n) is 10.4. The fourth-order valence-electron chi connectivity index (χ4n) is 1.40. The van der Waals surface area contributed by atoms with Crippen LogP contribution in [0.1, 0.15) is 22.3 Å². The van der Waals surface area contributed by atoms with Crippen LogP contribution in [0.15, 0.2) is 18.2 Å². The molecule has 5 N–H and O–H groups in total. The van der Waals surface area contributed by atoms with E-state index in [0.717, 1.165) is 0 Å². The van der Waals surface area contributed by atoms with Gasteiger partial charge in [-0.25, -0.2) is 9.59 Å². The number of anilines is 1. The normalized spacial score (nSPS) is 9.74. The number of nitrogens with one attached hydrogen (secondary N) is 2. The third-order valence-corrected chi connectivity index (χ3v) is 2.38. The summed E-state index contributed by atoms with van der Waals surface area (Å²) >= 11 is 0. The maximum absolute atomic E-state index is 11.5. The highest BCUT2D eigenvalue weighted by Crippen LogP contribution is 2.16. The van der Waals surface area contributed by atoms with Gasteiger partial charge in [0.15, 0.2) is 0 Å². The maximum atomic E-state index is 11.5. The lowest BCUT2D eigenvalue weighted by molar-refractivity contribution is -0.117. The number of carboxylic acids is 1. The molecule has 0 fully saturated rings. The lowest BCUT2D eigenvalue weighted by atomic mass is 10.1. The van der Waals surface area contributed by atoms with Crippen molar-refractivity contribution in [2.75, 3.05) is 11.9 Å². The van der Waals surface area contributed by atoms with Crippen LogP contribution in [0.4, 0.5) is 10.5 Å². The molecular formula is C12H15N3O4. The minimum absolute atomic E-state index is 0.0599. The highest BCUT2D eigenvalue weighted by molar-refractivity contribution is 5.92. The van der Waals surface area contributed by atoms with E-state index in [4.69, 9.17) is 10.8 Å². The van der Waals surface area contributed by atoms with Crippen LogP contribution in [0.5, 0.6) is 0 Å². The number of rotatable bonds is 5. The summed E-state index contributed by atoms with van der Waals surface area (Å²) in [5.41, 5.74) is 6.22. The van der Waals surface area contributed by atoms with Crippen molar-refractivity contribution in [3.8, 4) is 0 Å². The van der Waals surface area contributed by atoms with E-state index in [1.807, 2.05) is 0 Å². The lowest BCUT2D eigenvalue weighted by Gasteiger charge is -2.10. The molecule has 0 aliphatic rings. The SMILES string of the molecule is Cc1cc(C(=O)O)ccc1NC(=O)NCCC(N)=O. The van der Waals surface area contributed by atoms with Gasteiger partial charge in [0.1, 0.15) is 0 Å². The number of amides is 3. The molecule has 1 aromatic carbocycles. The minimum atomic E-state index is -1.03. The average molecular weight is 265 g/mol. The lowest BCUT2D eigenvalue weighted by Crippen LogP contribution is -2.31. The first-order chi connectivity index (χ1) is 8.90. The molecular weight excluding hydrogens is 250 g/mol. The van der Waals surface area contributed by atoms with Crippen LogP contribution in [0, 0.1) is 6.92 Å². The number of carbonyl (C=O) groups is 3. The number of hydrogen-bond acceptors (Lipinski definition) is 3. The Bertz CT molecular complexity index is 514. The molecule has 0 atom stereocenters. The maximum Gasteiger partial charge on any atom is 0.335 e. The summed E-state index contributed by atoms with van der Waals surface area (Å²) < 4.78 is 0. The van der Waals surface area contributed by atoms with Gasteiger partial charge in [-0.3, -0.25) is 4.79 Å². The molecule has 0 aliphatic heterocycles. The van der Waals surface area contributed by atoms with E-state index in [9.17, 15) is 14.4 Å². The fourth-order valence-corrected chi connectivity index (χ4v) is 1.40. The Morgan fingerprint density at radius 1 is 1.32 bits per heavy atom. The van der Waals surface area contributed by atoms with Gasteiger partial charge in [-0.15, -0.1) is 0 Å². The summed E-state index contributed by atoms with van der Waals surface area (Å²) in [5.74, 6) is -1.53. The molecule has 1 aromatic rings. The van der Waals surface area contributed by atoms with Crippen molar-refractivity contribution in [2.45, 2.75) is 13.3 Å². The molecule has 0 saturated heterocycles. The number of primary amides is 1. The Labute approximate surface area is 109 Å². The largest absolute Gasteiger partial charge is 0.478 e. The van der Waals surface area contributed by atoms with Crippen molar-refractivity contribution in [3.63, 3.8) is 0 Å². The highest BCUT2D eigenvalue weighted by Gasteiger charge is 2.08. The van der Waals surface area contributed by atoms with E-state index >= 15 is 0 Å². The van der Waals surface area contributed by atoms with Crippen LogP contribution in [-0.2, 0) is 4.79 Å². The summed E-state index contributed by atoms with van der Waals surface area (Å²) in [5, 5.41) is 13.8. The van der Waals surface area contributed by atoms with Crippen LogP contribution in [-0.4, -0.2) is 29.6 Å². The number of aromatic carboxylic acids is 1. The van der Waals surface area contributed by atoms with E-state index < -0.39 is 17.9 Å². The van der Waals surface area contributed by atoms with E-state index in [2.05, 4.69) is 10.6 Å². The zero-order chi connectivity index (χ0) is 14.4. The molecule has 1 rings (SSSR count). The van der Waals surface area contributed by atoms with Crippen molar-refractivity contribution in [1.29, 1.82) is 0 Å². The van der Waals surface area contributed by atoms with Gasteiger partial charge in [0.05, 0.1) is 5.56 Å². The molecule has 0 heterocycles. The second-order valence-corrected chi connectivity index (χ2v) is 3.93. The highest BCUT2D eigenvalue weighted by atomic mass is 16.4. The average Bonchev–Trinajstić information content (AvgIpc) is 2.31. The van der Waals surface area contributed by atoms with Crippen molar-refractivity contribution in [2.24, 2.45) is 5.73 Å². The number of benzene rings is 1. The van der Waals surface area contributed by atoms with Gasteiger partial charge in [0.2, 0.25) is 5.91 Å². The summed E-state index contributed by atoms with van der Waals surface area (Å²) in [6, 6.07) is 3.88. The summed E-state index contributed by atoms with van der Waals surface area (Å²) in [7, 11) is 0. The fraction of sp³-hybridized carbons (Fsp3) is 0.250. The molecule has 19 heavy (non-hydrogen) atoms. The van der Waals surface area contributed by atoms with E-state index in [-0.39, 0.29) is 18.5 Å². The topological polar surface area (TPSA) is 122 Å². The number of urea groups is 1. The number of hydrogen-bond donors (Lipinski definition) is 4. The van der Waals surface area contributed by atoms with Crippen molar-refractivity contribution in [3.05, 3.63) is 29.3 Å². The van der Waals surface area contributed by atoms with Gasteiger partial charge < -0.3 is 21.5 Å². The van der Waals surface area contributed by atoms with Crippen molar-refractivity contribution in [1.82, 2.24) is 5.32 Å². The first kappa shape index (κ1) is 14.5. The van der Waals surface area contributed by atoms with Gasteiger partial charge >= 0.3 is 12.0 Å². The summed E-state index contributed by atoms with van der Waals surface area (Å²) in [6.45, 7) is 1.83. The Balaban J connectivity index is 2.59. The summed E-state index contributed by atoms with van der Waals surface area (Å²) in [4.78, 5) is 32.7. The predicted octanol–water partition coefficient (Wildman–Crippen LogP) is 0.690. The minimum Gasteiger partial charge on any atom is -0.478 e. The van der Waals surface area contributed by atoms with Gasteiger partial charge in [-0.2, -0.15) is 0 Å². The Kier molecular flexibility index (Phi) is 4.87. The quantitative estimate of drug-likeness (QED) is 0.625. The Morgan fingerprint density at radius 2 is 2.00 bits per heavy atom. The van der Waals surface area contributed by atoms with Crippen LogP contribution < -0.4 is 16.4 Å². The number of aryl methyl sites for hydroxylation is 1. The third-order valence-electron chi connectivity index (χ3n) is 2.38. The van der Waals surface area contributed by atoms with Crippen LogP contribution in [0.2, 0.25) is 0 Å². The van der Waals surface area contributed by atoms with Crippen LogP contribution in [0.25, 0.3) is 0 Å². The summed E-state index contributed by atoms with van der Waals surface area (Å²) in [6.07, 6.45) is 0.0599. The molecule has 0 bridgehead atoms. The predicted molar refractivity (Wildman–Crippen MR) is 69.0 cm³/mol. The molecule has 0 aliphatic carbocycles. The number of carbonyl (C=O) groups excluding carboxylic acids is 2. The smallest absolute Gasteiger partial charge is 0.335 e. The van der Waals surface area contributed by atoms with Crippen LogP contribution >= 0.6 is 0 Å². The molecule has 0 aromatic heterocycles. The second-order valence-electron chi connectivity index (χ2n) is 3.93. The molecule has 0 unspecified atom stereocenters. The molecule has 0 spiro atoms. The van der Waals surface area contributed by atoms with Gasteiger partial charge in [-0.1, -0.05) is 0 Å². The zero-order valence-corrected chi connectivity index (χ0v) is 10.4. The van der Waals surface area contributed by atoms with Crippen LogP contribution in [0.3, 0.4) is 0 Å². The Hall–Kier alpha value is -2.57. The molecule has 3 amide bonds. The number of nitrogens with two attached hydrogens (primary N) is 1. The first-order valence-electron chi connectivity index (χ1n) is 5.57. The Morgan fingerprint density at radius 3 is 2.53 bits per heavy atom. The van der Waals surface area contributed by atoms with Gasteiger partial charge in [-0.05, 0) is 30.7 Å². The molecule has 0 radical (unpaired) electrons. The first-order valence-corrected chi connectivity index (χ1v) is 5.57. The standard InChI is InChI=1S/C12H15N3O4/c1-7-6-8(11(17)18)2-3-9(7)15-12(19)14-5-4-10(13)16/h2-3,6H,4-5H2,1H3,(H2,13,16)(H,17,18)(H2,14,15,19). The molecule has 0 saturated carbocycles. The van der Waals surface area contributed by atoms with E-state index in [1.165, 1.54) is 18.2 Å². The van der Waals surface area contributed by atoms with Gasteiger partial charge in [0.25, 0.3) is 0 Å². The molecule has 7 heteroatoms. The monoisotopic (exact) mass is 265 g/mol. The third kappa shape index (κ3) is 4.66. The molecule has 7 nitrogen and oxygen atoms in total. The van der Waals surface area contributed by atoms with E-state index in [0.29, 0.717) is 11.3 Å². The second kappa shape index (κ2) is 6.39. The number of carboxylic acid groups (broad SMARTS) is 1.